The Morgan fingerprint density at radius 2 is 1.79 bits per heavy atom. The first-order valence-corrected chi connectivity index (χ1v) is 6.18. The van der Waals surface area contributed by atoms with E-state index >= 15 is 0 Å². The molecule has 1 saturated carbocycles. The van der Waals surface area contributed by atoms with Crippen molar-refractivity contribution in [1.82, 2.24) is 4.90 Å². The van der Waals surface area contributed by atoms with E-state index in [0.29, 0.717) is 12.1 Å². The second-order valence-electron chi connectivity index (χ2n) is 5.47. The summed E-state index contributed by atoms with van der Waals surface area (Å²) in [7, 11) is 0. The number of rotatable bonds is 2. The van der Waals surface area contributed by atoms with E-state index in [1.807, 2.05) is 0 Å². The van der Waals surface area contributed by atoms with Crippen molar-refractivity contribution in [1.29, 1.82) is 0 Å². The third-order valence-corrected chi connectivity index (χ3v) is 4.13. The van der Waals surface area contributed by atoms with Gasteiger partial charge in [0.15, 0.2) is 0 Å². The van der Waals surface area contributed by atoms with E-state index in [0.717, 1.165) is 11.8 Å². The Labute approximate surface area is 87.8 Å². The monoisotopic (exact) mass is 196 g/mol. The van der Waals surface area contributed by atoms with Gasteiger partial charge < -0.3 is 5.73 Å². The Bertz CT molecular complexity index is 185. The molecule has 0 aromatic carbocycles. The fraction of sp³-hybridized carbons (Fsp3) is 1.00. The van der Waals surface area contributed by atoms with Crippen molar-refractivity contribution < 1.29 is 0 Å². The van der Waals surface area contributed by atoms with Crippen LogP contribution in [-0.4, -0.2) is 30.1 Å². The van der Waals surface area contributed by atoms with Crippen LogP contribution in [0.1, 0.15) is 39.5 Å². The molecule has 1 aliphatic carbocycles. The van der Waals surface area contributed by atoms with Crippen LogP contribution < -0.4 is 5.73 Å². The van der Waals surface area contributed by atoms with Crippen LogP contribution in [0.2, 0.25) is 0 Å². The molecule has 2 unspecified atom stereocenters. The Morgan fingerprint density at radius 3 is 2.36 bits per heavy atom. The zero-order valence-electron chi connectivity index (χ0n) is 9.58. The summed E-state index contributed by atoms with van der Waals surface area (Å²) in [5, 5.41) is 0. The second-order valence-corrected chi connectivity index (χ2v) is 5.47. The summed E-state index contributed by atoms with van der Waals surface area (Å²) in [6, 6.07) is 1.16. The van der Waals surface area contributed by atoms with Gasteiger partial charge >= 0.3 is 0 Å². The molecule has 0 aromatic heterocycles. The Balaban J connectivity index is 1.80. The van der Waals surface area contributed by atoms with Crippen molar-refractivity contribution in [2.24, 2.45) is 17.6 Å². The molecule has 0 bridgehead atoms. The van der Waals surface area contributed by atoms with Gasteiger partial charge in [0, 0.05) is 25.2 Å². The van der Waals surface area contributed by atoms with Gasteiger partial charge in [-0.05, 0) is 24.7 Å². The fourth-order valence-corrected chi connectivity index (χ4v) is 2.83. The first-order chi connectivity index (χ1) is 6.68. The average Bonchev–Trinajstić information content (AvgIpc) is 2.05. The van der Waals surface area contributed by atoms with Crippen molar-refractivity contribution in [2.45, 2.75) is 51.6 Å². The average molecular weight is 196 g/mol. The molecule has 2 fully saturated rings. The first kappa shape index (κ1) is 10.4. The predicted molar refractivity (Wildman–Crippen MR) is 60.1 cm³/mol. The van der Waals surface area contributed by atoms with Gasteiger partial charge in [-0.2, -0.15) is 0 Å². The lowest BCUT2D eigenvalue weighted by molar-refractivity contribution is 0.00574. The lowest BCUT2D eigenvalue weighted by Crippen LogP contribution is -2.59. The summed E-state index contributed by atoms with van der Waals surface area (Å²) < 4.78 is 0. The second kappa shape index (κ2) is 4.19. The number of hydrogen-bond donors (Lipinski definition) is 1. The number of nitrogens with two attached hydrogens (primary N) is 1. The molecule has 2 atom stereocenters. The summed E-state index contributed by atoms with van der Waals surface area (Å²) in [5.74, 6) is 1.79. The minimum Gasteiger partial charge on any atom is -0.326 e. The maximum Gasteiger partial charge on any atom is 0.0247 e. The van der Waals surface area contributed by atoms with Crippen LogP contribution in [0.5, 0.6) is 0 Å². The van der Waals surface area contributed by atoms with E-state index in [1.165, 1.54) is 38.8 Å². The first-order valence-electron chi connectivity index (χ1n) is 6.18. The highest BCUT2D eigenvalue weighted by Crippen LogP contribution is 2.30. The van der Waals surface area contributed by atoms with Crippen LogP contribution in [0.4, 0.5) is 0 Å². The van der Waals surface area contributed by atoms with Gasteiger partial charge in [0.2, 0.25) is 0 Å². The summed E-state index contributed by atoms with van der Waals surface area (Å²) in [4.78, 5) is 2.62. The SMILES string of the molecule is CC(C)C1CN(C2CCCCC2N)C1. The van der Waals surface area contributed by atoms with Gasteiger partial charge in [-0.3, -0.25) is 4.90 Å². The smallest absolute Gasteiger partial charge is 0.0247 e. The number of nitrogens with zero attached hydrogens (tertiary/aromatic N) is 1. The van der Waals surface area contributed by atoms with E-state index < -0.39 is 0 Å². The third kappa shape index (κ3) is 1.96. The number of likely N-dealkylation sites (tertiary alicyclic amines) is 1. The zero-order valence-corrected chi connectivity index (χ0v) is 9.58. The molecule has 14 heavy (non-hydrogen) atoms. The van der Waals surface area contributed by atoms with E-state index in [-0.39, 0.29) is 0 Å². The van der Waals surface area contributed by atoms with Crippen LogP contribution in [0, 0.1) is 11.8 Å². The maximum atomic E-state index is 6.17. The van der Waals surface area contributed by atoms with E-state index in [2.05, 4.69) is 18.7 Å². The molecule has 2 aliphatic rings. The van der Waals surface area contributed by atoms with Gasteiger partial charge in [-0.15, -0.1) is 0 Å². The van der Waals surface area contributed by atoms with Crippen LogP contribution in [-0.2, 0) is 0 Å². The largest absolute Gasteiger partial charge is 0.326 e. The fourth-order valence-electron chi connectivity index (χ4n) is 2.83. The van der Waals surface area contributed by atoms with Gasteiger partial charge in [-0.25, -0.2) is 0 Å². The topological polar surface area (TPSA) is 29.3 Å². The van der Waals surface area contributed by atoms with Crippen LogP contribution in [0.3, 0.4) is 0 Å². The molecule has 2 heteroatoms. The highest BCUT2D eigenvalue weighted by Gasteiger charge is 2.36. The van der Waals surface area contributed by atoms with E-state index in [9.17, 15) is 0 Å². The zero-order chi connectivity index (χ0) is 10.1. The van der Waals surface area contributed by atoms with Crippen molar-refractivity contribution in [3.05, 3.63) is 0 Å². The molecule has 0 aromatic rings. The molecule has 2 rings (SSSR count). The summed E-state index contributed by atoms with van der Waals surface area (Å²) >= 11 is 0. The Hall–Kier alpha value is -0.0800. The van der Waals surface area contributed by atoms with Crippen molar-refractivity contribution in [2.75, 3.05) is 13.1 Å². The number of hydrogen-bond acceptors (Lipinski definition) is 2. The molecule has 82 valence electrons. The molecular weight excluding hydrogens is 172 g/mol. The molecular formula is C12H24N2. The molecule has 0 amide bonds. The van der Waals surface area contributed by atoms with Crippen LogP contribution in [0.25, 0.3) is 0 Å². The van der Waals surface area contributed by atoms with Gasteiger partial charge in [0.25, 0.3) is 0 Å². The lowest BCUT2D eigenvalue weighted by atomic mass is 9.82. The maximum absolute atomic E-state index is 6.17. The summed E-state index contributed by atoms with van der Waals surface area (Å²) in [6.07, 6.45) is 5.32. The molecule has 1 heterocycles. The predicted octanol–water partition coefficient (Wildman–Crippen LogP) is 1.84. The minimum absolute atomic E-state index is 0.455. The highest BCUT2D eigenvalue weighted by molar-refractivity contribution is 4.93. The Kier molecular flexibility index (Phi) is 3.13. The summed E-state index contributed by atoms with van der Waals surface area (Å²) in [6.45, 7) is 7.28. The standard InChI is InChI=1S/C12H24N2/c1-9(2)10-7-14(8-10)12-6-4-3-5-11(12)13/h9-12H,3-8,13H2,1-2H3. The van der Waals surface area contributed by atoms with Gasteiger partial charge in [0.1, 0.15) is 0 Å². The van der Waals surface area contributed by atoms with E-state index in [4.69, 9.17) is 5.73 Å². The quantitative estimate of drug-likeness (QED) is 0.730. The molecule has 0 spiro atoms. The van der Waals surface area contributed by atoms with Crippen LogP contribution >= 0.6 is 0 Å². The molecule has 1 saturated heterocycles. The third-order valence-electron chi connectivity index (χ3n) is 4.13. The Morgan fingerprint density at radius 1 is 1.14 bits per heavy atom. The molecule has 1 aliphatic heterocycles. The molecule has 2 nitrogen and oxygen atoms in total. The van der Waals surface area contributed by atoms with Crippen LogP contribution in [0.15, 0.2) is 0 Å². The van der Waals surface area contributed by atoms with E-state index in [1.54, 1.807) is 0 Å². The molecule has 2 N–H and O–H groups in total. The van der Waals surface area contributed by atoms with Gasteiger partial charge in [0.05, 0.1) is 0 Å². The molecule has 0 radical (unpaired) electrons. The van der Waals surface area contributed by atoms with Gasteiger partial charge in [-0.1, -0.05) is 26.7 Å². The normalized spacial score (nSPS) is 36.0. The lowest BCUT2D eigenvalue weighted by Gasteiger charge is -2.49. The summed E-state index contributed by atoms with van der Waals surface area (Å²) in [5.41, 5.74) is 6.17. The van der Waals surface area contributed by atoms with Crippen molar-refractivity contribution in [3.63, 3.8) is 0 Å². The van der Waals surface area contributed by atoms with Crippen molar-refractivity contribution >= 4 is 0 Å². The minimum atomic E-state index is 0.455. The highest BCUT2D eigenvalue weighted by atomic mass is 15.2. The van der Waals surface area contributed by atoms with Crippen molar-refractivity contribution in [3.8, 4) is 0 Å².